The van der Waals surface area contributed by atoms with Crippen molar-refractivity contribution in [2.75, 3.05) is 13.7 Å². The molecule has 9 heteroatoms. The van der Waals surface area contributed by atoms with E-state index in [1.54, 1.807) is 24.3 Å². The Bertz CT molecular complexity index is 1190. The molecule has 0 saturated heterocycles. The van der Waals surface area contributed by atoms with Gasteiger partial charge in [0.25, 0.3) is 0 Å². The van der Waals surface area contributed by atoms with Crippen LogP contribution in [-0.2, 0) is 19.9 Å². The highest BCUT2D eigenvalue weighted by Crippen LogP contribution is 2.29. The van der Waals surface area contributed by atoms with E-state index in [-0.39, 0.29) is 16.3 Å². The zero-order chi connectivity index (χ0) is 21.8. The van der Waals surface area contributed by atoms with Crippen molar-refractivity contribution in [3.63, 3.8) is 0 Å². The van der Waals surface area contributed by atoms with Crippen molar-refractivity contribution >= 4 is 19.9 Å². The van der Waals surface area contributed by atoms with Crippen LogP contribution in [0.15, 0.2) is 82.8 Å². The average Bonchev–Trinajstić information content (AvgIpc) is 2.75. The van der Waals surface area contributed by atoms with Gasteiger partial charge in [-0.1, -0.05) is 23.8 Å². The predicted molar refractivity (Wildman–Crippen MR) is 114 cm³/mol. The number of benzene rings is 2. The second-order valence-corrected chi connectivity index (χ2v) is 10.6. The number of nitrogens with zero attached hydrogens (tertiary/aromatic N) is 1. The van der Waals surface area contributed by atoms with E-state index in [2.05, 4.69) is 9.71 Å². The molecule has 0 bridgehead atoms. The Morgan fingerprint density at radius 3 is 2.13 bits per heavy atom. The summed E-state index contributed by atoms with van der Waals surface area (Å²) in [6.07, 6.45) is 2.96. The van der Waals surface area contributed by atoms with Crippen molar-refractivity contribution in [3.8, 4) is 5.75 Å². The second kappa shape index (κ2) is 8.95. The van der Waals surface area contributed by atoms with Gasteiger partial charge >= 0.3 is 0 Å². The van der Waals surface area contributed by atoms with E-state index in [4.69, 9.17) is 4.74 Å². The lowest BCUT2D eigenvalue weighted by Gasteiger charge is -2.19. The Labute approximate surface area is 176 Å². The molecule has 1 atom stereocenters. The van der Waals surface area contributed by atoms with E-state index >= 15 is 0 Å². The molecule has 3 rings (SSSR count). The molecule has 0 aliphatic heterocycles. The highest BCUT2D eigenvalue weighted by atomic mass is 32.2. The lowest BCUT2D eigenvalue weighted by atomic mass is 10.2. The molecule has 0 aliphatic carbocycles. The van der Waals surface area contributed by atoms with E-state index in [9.17, 15) is 16.8 Å². The van der Waals surface area contributed by atoms with Crippen LogP contribution in [0.3, 0.4) is 0 Å². The Morgan fingerprint density at radius 1 is 0.933 bits per heavy atom. The third-order valence-corrected chi connectivity index (χ3v) is 8.17. The lowest BCUT2D eigenvalue weighted by Crippen LogP contribution is -2.32. The van der Waals surface area contributed by atoms with Gasteiger partial charge in [0.05, 0.1) is 16.9 Å². The van der Waals surface area contributed by atoms with Gasteiger partial charge in [-0.15, -0.1) is 0 Å². The average molecular weight is 447 g/mol. The molecule has 0 spiro atoms. The smallest absolute Gasteiger partial charge is 0.240 e. The predicted octanol–water partition coefficient (Wildman–Crippen LogP) is 2.89. The van der Waals surface area contributed by atoms with Gasteiger partial charge in [-0.25, -0.2) is 21.6 Å². The highest BCUT2D eigenvalue weighted by molar-refractivity contribution is 7.92. The van der Waals surface area contributed by atoms with Gasteiger partial charge < -0.3 is 4.74 Å². The quantitative estimate of drug-likeness (QED) is 0.571. The van der Waals surface area contributed by atoms with E-state index in [1.807, 2.05) is 6.92 Å². The third kappa shape index (κ3) is 4.86. The Hall–Kier alpha value is -2.75. The van der Waals surface area contributed by atoms with Crippen molar-refractivity contribution in [2.24, 2.45) is 0 Å². The molecule has 0 unspecified atom stereocenters. The number of ether oxygens (including phenoxy) is 1. The summed E-state index contributed by atoms with van der Waals surface area (Å²) in [5.41, 5.74) is 1.32. The molecule has 158 valence electrons. The summed E-state index contributed by atoms with van der Waals surface area (Å²) in [5, 5.41) is -1.14. The summed E-state index contributed by atoms with van der Waals surface area (Å²) < 4.78 is 59.5. The minimum Gasteiger partial charge on any atom is -0.497 e. The number of rotatable bonds is 8. The van der Waals surface area contributed by atoms with Crippen molar-refractivity contribution in [3.05, 3.63) is 84.2 Å². The second-order valence-electron chi connectivity index (χ2n) is 6.66. The van der Waals surface area contributed by atoms with Crippen LogP contribution < -0.4 is 9.46 Å². The van der Waals surface area contributed by atoms with Crippen LogP contribution in [-0.4, -0.2) is 35.5 Å². The molecule has 7 nitrogen and oxygen atoms in total. The molecule has 30 heavy (non-hydrogen) atoms. The molecule has 0 radical (unpaired) electrons. The van der Waals surface area contributed by atoms with Crippen LogP contribution in [0.1, 0.15) is 16.4 Å². The van der Waals surface area contributed by atoms with Gasteiger partial charge in [0, 0.05) is 18.9 Å². The highest BCUT2D eigenvalue weighted by Gasteiger charge is 2.31. The first-order valence-electron chi connectivity index (χ1n) is 9.08. The molecular weight excluding hydrogens is 424 g/mol. The van der Waals surface area contributed by atoms with E-state index < -0.39 is 25.1 Å². The van der Waals surface area contributed by atoms with E-state index in [1.165, 1.54) is 55.9 Å². The lowest BCUT2D eigenvalue weighted by molar-refractivity contribution is 0.414. The number of sulfonamides is 1. The number of methoxy groups -OCH3 is 1. The Balaban J connectivity index is 1.93. The number of sulfone groups is 1. The van der Waals surface area contributed by atoms with Crippen LogP contribution >= 0.6 is 0 Å². The topological polar surface area (TPSA) is 102 Å². The van der Waals surface area contributed by atoms with Gasteiger partial charge in [0.15, 0.2) is 9.84 Å². The molecule has 0 fully saturated rings. The molecule has 1 aromatic heterocycles. The van der Waals surface area contributed by atoms with E-state index in [0.717, 1.165) is 5.56 Å². The Kier molecular flexibility index (Phi) is 6.55. The number of pyridine rings is 1. The molecule has 0 amide bonds. The summed E-state index contributed by atoms with van der Waals surface area (Å²) in [4.78, 5) is 4.12. The van der Waals surface area contributed by atoms with Crippen molar-refractivity contribution in [2.45, 2.75) is 22.0 Å². The fourth-order valence-electron chi connectivity index (χ4n) is 2.89. The molecule has 1 heterocycles. The first-order valence-corrected chi connectivity index (χ1v) is 12.1. The van der Waals surface area contributed by atoms with E-state index in [0.29, 0.717) is 11.3 Å². The molecule has 0 aliphatic rings. The summed E-state index contributed by atoms with van der Waals surface area (Å²) in [6, 6.07) is 15.5. The SMILES string of the molecule is COc1ccc(S(=O)(=O)NC[C@H](c2cccnc2)S(=O)(=O)c2ccc(C)cc2)cc1. The molecule has 1 N–H and O–H groups in total. The zero-order valence-corrected chi connectivity index (χ0v) is 18.2. The monoisotopic (exact) mass is 446 g/mol. The fraction of sp³-hybridized carbons (Fsp3) is 0.190. The standard InChI is InChI=1S/C21H22N2O5S2/c1-16-5-9-19(10-6-16)29(24,25)21(17-4-3-13-22-14-17)15-23-30(26,27)20-11-7-18(28-2)8-12-20/h3-14,21,23H,15H2,1-2H3/t21-/m1/s1. The fourth-order valence-corrected chi connectivity index (χ4v) is 5.69. The van der Waals surface area contributed by atoms with Crippen molar-refractivity contribution in [1.29, 1.82) is 0 Å². The molecule has 0 saturated carbocycles. The van der Waals surface area contributed by atoms with Gasteiger partial charge in [0.1, 0.15) is 11.0 Å². The molecular formula is C21H22N2O5S2. The first kappa shape index (κ1) is 21.9. The summed E-state index contributed by atoms with van der Waals surface area (Å²) >= 11 is 0. The number of nitrogens with one attached hydrogen (secondary N) is 1. The van der Waals surface area contributed by atoms with Gasteiger partial charge in [-0.2, -0.15) is 0 Å². The van der Waals surface area contributed by atoms with Crippen molar-refractivity contribution < 1.29 is 21.6 Å². The largest absolute Gasteiger partial charge is 0.497 e. The van der Waals surface area contributed by atoms with Gasteiger partial charge in [0.2, 0.25) is 10.0 Å². The molecule has 2 aromatic carbocycles. The van der Waals surface area contributed by atoms with Crippen LogP contribution in [0.5, 0.6) is 5.75 Å². The summed E-state index contributed by atoms with van der Waals surface area (Å²) in [7, 11) is -6.32. The van der Waals surface area contributed by atoms with Crippen LogP contribution in [0, 0.1) is 6.92 Å². The number of aromatic nitrogens is 1. The maximum atomic E-state index is 13.3. The van der Waals surface area contributed by atoms with Gasteiger partial charge in [-0.3, -0.25) is 4.98 Å². The van der Waals surface area contributed by atoms with Crippen LogP contribution in [0.25, 0.3) is 0 Å². The maximum Gasteiger partial charge on any atom is 0.240 e. The third-order valence-electron chi connectivity index (χ3n) is 4.61. The van der Waals surface area contributed by atoms with Crippen LogP contribution in [0.2, 0.25) is 0 Å². The molecule has 3 aromatic rings. The number of hydrogen-bond donors (Lipinski definition) is 1. The number of hydrogen-bond acceptors (Lipinski definition) is 6. The number of aryl methyl sites for hydroxylation is 1. The van der Waals surface area contributed by atoms with Crippen molar-refractivity contribution in [1.82, 2.24) is 9.71 Å². The first-order chi connectivity index (χ1) is 14.2. The van der Waals surface area contributed by atoms with Gasteiger partial charge in [-0.05, 0) is 55.0 Å². The maximum absolute atomic E-state index is 13.3. The Morgan fingerprint density at radius 2 is 1.57 bits per heavy atom. The summed E-state index contributed by atoms with van der Waals surface area (Å²) in [5.74, 6) is 0.518. The minimum absolute atomic E-state index is 0.0148. The van der Waals surface area contributed by atoms with Crippen LogP contribution in [0.4, 0.5) is 0 Å². The zero-order valence-electron chi connectivity index (χ0n) is 16.5. The normalized spacial score (nSPS) is 13.0. The minimum atomic E-state index is -3.93. The summed E-state index contributed by atoms with van der Waals surface area (Å²) in [6.45, 7) is 1.52.